The standard InChI is InChI=1S/C20H17ClN6O2S/c1-14-23-19(13-20(24-14)27-11-3-10-22-27)25-16-6-8-17(9-7-16)26-30(28,29)18-5-2-4-15(21)12-18/h2-13,26H,1H3,(H,23,24,25). The maximum absolute atomic E-state index is 12.5. The molecule has 0 fully saturated rings. The number of aromatic nitrogens is 4. The molecule has 0 radical (unpaired) electrons. The van der Waals surface area contributed by atoms with Gasteiger partial charge in [-0.3, -0.25) is 4.72 Å². The molecule has 0 aliphatic carbocycles. The van der Waals surface area contributed by atoms with Crippen LogP contribution in [0.15, 0.2) is 78.0 Å². The molecule has 0 aliphatic rings. The molecule has 4 aromatic rings. The van der Waals surface area contributed by atoms with Gasteiger partial charge in [0.15, 0.2) is 5.82 Å². The van der Waals surface area contributed by atoms with Crippen LogP contribution in [0.5, 0.6) is 0 Å². The number of hydrogen-bond acceptors (Lipinski definition) is 6. The SMILES string of the molecule is Cc1nc(Nc2ccc(NS(=O)(=O)c3cccc(Cl)c3)cc2)cc(-n2cccn2)n1. The van der Waals surface area contributed by atoms with Gasteiger partial charge in [-0.25, -0.2) is 23.1 Å². The third-order valence-corrected chi connectivity index (χ3v) is 5.69. The molecule has 2 aromatic carbocycles. The summed E-state index contributed by atoms with van der Waals surface area (Å²) < 4.78 is 29.2. The summed E-state index contributed by atoms with van der Waals surface area (Å²) in [6.07, 6.45) is 3.47. The highest BCUT2D eigenvalue weighted by Crippen LogP contribution is 2.22. The first kappa shape index (κ1) is 19.9. The molecule has 0 saturated carbocycles. The summed E-state index contributed by atoms with van der Waals surface area (Å²) in [5.74, 6) is 1.83. The quantitative estimate of drug-likeness (QED) is 0.466. The molecule has 2 N–H and O–H groups in total. The fourth-order valence-electron chi connectivity index (χ4n) is 2.76. The molecule has 10 heteroatoms. The van der Waals surface area contributed by atoms with Crippen molar-refractivity contribution < 1.29 is 8.42 Å². The van der Waals surface area contributed by atoms with Gasteiger partial charge in [-0.2, -0.15) is 5.10 Å². The van der Waals surface area contributed by atoms with Crippen molar-refractivity contribution in [1.82, 2.24) is 19.7 Å². The Labute approximate surface area is 178 Å². The van der Waals surface area contributed by atoms with Crippen molar-refractivity contribution in [3.8, 4) is 5.82 Å². The van der Waals surface area contributed by atoms with E-state index in [1.807, 2.05) is 6.07 Å². The van der Waals surface area contributed by atoms with Crippen LogP contribution in [0.2, 0.25) is 5.02 Å². The van der Waals surface area contributed by atoms with Crippen molar-refractivity contribution in [3.05, 3.63) is 83.9 Å². The Morgan fingerprint density at radius 3 is 2.43 bits per heavy atom. The van der Waals surface area contributed by atoms with Gasteiger partial charge in [-0.05, 0) is 55.5 Å². The lowest BCUT2D eigenvalue weighted by molar-refractivity contribution is 0.601. The van der Waals surface area contributed by atoms with Crippen molar-refractivity contribution in [2.24, 2.45) is 0 Å². The van der Waals surface area contributed by atoms with Crippen LogP contribution in [0.1, 0.15) is 5.82 Å². The monoisotopic (exact) mass is 440 g/mol. The summed E-state index contributed by atoms with van der Waals surface area (Å²) in [6, 6.07) is 16.5. The second-order valence-corrected chi connectivity index (χ2v) is 8.49. The lowest BCUT2D eigenvalue weighted by Gasteiger charge is -2.11. The summed E-state index contributed by atoms with van der Waals surface area (Å²) in [5.41, 5.74) is 1.17. The third-order valence-electron chi connectivity index (χ3n) is 4.08. The minimum absolute atomic E-state index is 0.0970. The first-order valence-electron chi connectivity index (χ1n) is 8.90. The molecule has 0 atom stereocenters. The molecule has 0 aliphatic heterocycles. The minimum Gasteiger partial charge on any atom is -0.340 e. The van der Waals surface area contributed by atoms with Crippen molar-refractivity contribution >= 4 is 38.8 Å². The van der Waals surface area contributed by atoms with Crippen molar-refractivity contribution in [3.63, 3.8) is 0 Å². The first-order chi connectivity index (χ1) is 14.4. The lowest BCUT2D eigenvalue weighted by Crippen LogP contribution is -2.12. The van der Waals surface area contributed by atoms with Crippen LogP contribution >= 0.6 is 11.6 Å². The number of benzene rings is 2. The van der Waals surface area contributed by atoms with Crippen molar-refractivity contribution in [1.29, 1.82) is 0 Å². The fraction of sp³-hybridized carbons (Fsp3) is 0.0500. The second kappa shape index (κ2) is 8.13. The number of sulfonamides is 1. The summed E-state index contributed by atoms with van der Waals surface area (Å²) in [7, 11) is -3.73. The predicted molar refractivity (Wildman–Crippen MR) is 116 cm³/mol. The molecule has 0 saturated heterocycles. The molecule has 30 heavy (non-hydrogen) atoms. The highest BCUT2D eigenvalue weighted by molar-refractivity contribution is 7.92. The molecule has 2 heterocycles. The van der Waals surface area contributed by atoms with E-state index in [0.29, 0.717) is 28.2 Å². The van der Waals surface area contributed by atoms with E-state index in [2.05, 4.69) is 25.1 Å². The van der Waals surface area contributed by atoms with Gasteiger partial charge in [-0.1, -0.05) is 17.7 Å². The Balaban J connectivity index is 1.51. The van der Waals surface area contributed by atoms with Gasteiger partial charge in [0.1, 0.15) is 11.6 Å². The zero-order chi connectivity index (χ0) is 21.1. The van der Waals surface area contributed by atoms with E-state index >= 15 is 0 Å². The maximum atomic E-state index is 12.5. The van der Waals surface area contributed by atoms with Crippen LogP contribution in [-0.2, 0) is 10.0 Å². The molecular weight excluding hydrogens is 424 g/mol. The van der Waals surface area contributed by atoms with E-state index in [-0.39, 0.29) is 4.90 Å². The number of aryl methyl sites for hydroxylation is 1. The van der Waals surface area contributed by atoms with E-state index < -0.39 is 10.0 Å². The summed E-state index contributed by atoms with van der Waals surface area (Å²) in [5, 5.41) is 7.72. The summed E-state index contributed by atoms with van der Waals surface area (Å²) in [6.45, 7) is 1.80. The molecule has 4 rings (SSSR count). The maximum Gasteiger partial charge on any atom is 0.261 e. The minimum atomic E-state index is -3.73. The Morgan fingerprint density at radius 1 is 0.967 bits per heavy atom. The Kier molecular flexibility index (Phi) is 5.39. The van der Waals surface area contributed by atoms with Gasteiger partial charge in [0, 0.05) is 34.9 Å². The van der Waals surface area contributed by atoms with Gasteiger partial charge < -0.3 is 5.32 Å². The number of halogens is 1. The molecular formula is C20H17ClN6O2S. The Hall–Kier alpha value is -3.43. The number of hydrogen-bond donors (Lipinski definition) is 2. The highest BCUT2D eigenvalue weighted by Gasteiger charge is 2.14. The van der Waals surface area contributed by atoms with Gasteiger partial charge in [0.05, 0.1) is 4.90 Å². The molecule has 0 unspecified atom stereocenters. The smallest absolute Gasteiger partial charge is 0.261 e. The third kappa shape index (κ3) is 4.58. The zero-order valence-electron chi connectivity index (χ0n) is 15.8. The average molecular weight is 441 g/mol. The Bertz CT molecular complexity index is 1280. The molecule has 0 bridgehead atoms. The van der Waals surface area contributed by atoms with E-state index in [9.17, 15) is 8.42 Å². The molecule has 8 nitrogen and oxygen atoms in total. The molecule has 152 valence electrons. The van der Waals surface area contributed by atoms with E-state index in [1.165, 1.54) is 12.1 Å². The van der Waals surface area contributed by atoms with Gasteiger partial charge in [0.25, 0.3) is 10.0 Å². The fourth-order valence-corrected chi connectivity index (χ4v) is 4.11. The van der Waals surface area contributed by atoms with Crippen LogP contribution in [-0.4, -0.2) is 28.2 Å². The van der Waals surface area contributed by atoms with Gasteiger partial charge in [0.2, 0.25) is 0 Å². The highest BCUT2D eigenvalue weighted by atomic mass is 35.5. The number of anilines is 3. The topological polar surface area (TPSA) is 102 Å². The van der Waals surface area contributed by atoms with Crippen molar-refractivity contribution in [2.45, 2.75) is 11.8 Å². The number of nitrogens with zero attached hydrogens (tertiary/aromatic N) is 4. The van der Waals surface area contributed by atoms with E-state index in [1.54, 1.807) is 66.5 Å². The Morgan fingerprint density at radius 2 is 1.73 bits per heavy atom. The largest absolute Gasteiger partial charge is 0.340 e. The summed E-state index contributed by atoms with van der Waals surface area (Å²) >= 11 is 5.89. The van der Waals surface area contributed by atoms with Crippen LogP contribution in [0.4, 0.5) is 17.2 Å². The molecule has 0 amide bonds. The number of rotatable bonds is 6. The van der Waals surface area contributed by atoms with Crippen LogP contribution in [0.25, 0.3) is 5.82 Å². The van der Waals surface area contributed by atoms with Crippen LogP contribution in [0.3, 0.4) is 0 Å². The molecule has 0 spiro atoms. The van der Waals surface area contributed by atoms with Gasteiger partial charge in [-0.15, -0.1) is 0 Å². The van der Waals surface area contributed by atoms with Crippen molar-refractivity contribution in [2.75, 3.05) is 10.0 Å². The zero-order valence-corrected chi connectivity index (χ0v) is 17.4. The first-order valence-corrected chi connectivity index (χ1v) is 10.8. The predicted octanol–water partition coefficient (Wildman–Crippen LogP) is 4.17. The molecule has 2 aromatic heterocycles. The average Bonchev–Trinajstić information content (AvgIpc) is 3.24. The van der Waals surface area contributed by atoms with Gasteiger partial charge >= 0.3 is 0 Å². The number of nitrogens with one attached hydrogen (secondary N) is 2. The van der Waals surface area contributed by atoms with E-state index in [4.69, 9.17) is 11.6 Å². The summed E-state index contributed by atoms with van der Waals surface area (Å²) in [4.78, 5) is 8.85. The van der Waals surface area contributed by atoms with Crippen LogP contribution < -0.4 is 10.0 Å². The normalized spacial score (nSPS) is 11.3. The van der Waals surface area contributed by atoms with E-state index in [0.717, 1.165) is 5.69 Å². The second-order valence-electron chi connectivity index (χ2n) is 6.37. The van der Waals surface area contributed by atoms with Crippen LogP contribution in [0, 0.1) is 6.92 Å². The lowest BCUT2D eigenvalue weighted by atomic mass is 10.3.